The van der Waals surface area contributed by atoms with Crippen molar-refractivity contribution in [2.75, 3.05) is 31.6 Å². The lowest BCUT2D eigenvalue weighted by Gasteiger charge is -2.36. The maximum atomic E-state index is 8.88. The SMILES string of the molecule is CCN1CCC(N(C)c2cccc(C#N)n2)CC1. The molecular formula is C14H20N4. The number of hydrogen-bond acceptors (Lipinski definition) is 4. The van der Waals surface area contributed by atoms with Gasteiger partial charge in [0, 0.05) is 26.2 Å². The van der Waals surface area contributed by atoms with Crippen LogP contribution < -0.4 is 4.90 Å². The quantitative estimate of drug-likeness (QED) is 0.814. The third-order valence-electron chi connectivity index (χ3n) is 3.76. The van der Waals surface area contributed by atoms with Crippen molar-refractivity contribution in [2.45, 2.75) is 25.8 Å². The number of rotatable bonds is 3. The van der Waals surface area contributed by atoms with Crippen LogP contribution >= 0.6 is 0 Å². The van der Waals surface area contributed by atoms with Crippen LogP contribution in [0.25, 0.3) is 0 Å². The first-order valence-corrected chi connectivity index (χ1v) is 6.57. The van der Waals surface area contributed by atoms with Gasteiger partial charge in [-0.1, -0.05) is 13.0 Å². The molecule has 2 rings (SSSR count). The summed E-state index contributed by atoms with van der Waals surface area (Å²) in [7, 11) is 2.08. The minimum atomic E-state index is 0.491. The number of pyridine rings is 1. The van der Waals surface area contributed by atoms with Crippen molar-refractivity contribution in [3.8, 4) is 6.07 Å². The molecule has 2 heterocycles. The molecule has 0 unspecified atom stereocenters. The molecule has 1 aliphatic heterocycles. The summed E-state index contributed by atoms with van der Waals surface area (Å²) < 4.78 is 0. The van der Waals surface area contributed by atoms with Gasteiger partial charge >= 0.3 is 0 Å². The molecule has 0 aromatic carbocycles. The largest absolute Gasteiger partial charge is 0.357 e. The highest BCUT2D eigenvalue weighted by atomic mass is 15.2. The van der Waals surface area contributed by atoms with Gasteiger partial charge in [-0.25, -0.2) is 4.98 Å². The molecule has 0 aliphatic carbocycles. The van der Waals surface area contributed by atoms with Crippen molar-refractivity contribution in [3.05, 3.63) is 23.9 Å². The molecule has 0 N–H and O–H groups in total. The van der Waals surface area contributed by atoms with Crippen LogP contribution in [-0.2, 0) is 0 Å². The summed E-state index contributed by atoms with van der Waals surface area (Å²) in [6, 6.07) is 8.26. The third kappa shape index (κ3) is 2.80. The fourth-order valence-corrected chi connectivity index (χ4v) is 2.49. The standard InChI is InChI=1S/C14H20N4/c1-3-18-9-7-13(8-10-18)17(2)14-6-4-5-12(11-15)16-14/h4-6,13H,3,7-10H2,1-2H3. The first-order chi connectivity index (χ1) is 8.74. The highest BCUT2D eigenvalue weighted by Crippen LogP contribution is 2.20. The fourth-order valence-electron chi connectivity index (χ4n) is 2.49. The lowest BCUT2D eigenvalue weighted by Crippen LogP contribution is -2.43. The molecule has 18 heavy (non-hydrogen) atoms. The predicted octanol–water partition coefficient (Wildman–Crippen LogP) is 1.87. The first kappa shape index (κ1) is 12.8. The number of nitriles is 1. The average Bonchev–Trinajstić information content (AvgIpc) is 2.46. The normalized spacial score (nSPS) is 17.4. The highest BCUT2D eigenvalue weighted by Gasteiger charge is 2.22. The molecule has 0 amide bonds. The van der Waals surface area contributed by atoms with Crippen LogP contribution in [0.5, 0.6) is 0 Å². The van der Waals surface area contributed by atoms with Crippen molar-refractivity contribution in [1.29, 1.82) is 5.26 Å². The molecule has 1 fully saturated rings. The third-order valence-corrected chi connectivity index (χ3v) is 3.76. The first-order valence-electron chi connectivity index (χ1n) is 6.57. The van der Waals surface area contributed by atoms with E-state index in [1.54, 1.807) is 6.07 Å². The van der Waals surface area contributed by atoms with Crippen molar-refractivity contribution >= 4 is 5.82 Å². The van der Waals surface area contributed by atoms with E-state index in [1.807, 2.05) is 12.1 Å². The van der Waals surface area contributed by atoms with E-state index in [0.717, 1.165) is 25.5 Å². The molecule has 1 aromatic rings. The van der Waals surface area contributed by atoms with E-state index in [9.17, 15) is 0 Å². The Kier molecular flexibility index (Phi) is 4.16. The zero-order valence-corrected chi connectivity index (χ0v) is 11.1. The van der Waals surface area contributed by atoms with E-state index in [0.29, 0.717) is 11.7 Å². The Hall–Kier alpha value is -1.60. The number of anilines is 1. The van der Waals surface area contributed by atoms with E-state index in [2.05, 4.69) is 34.8 Å². The maximum Gasteiger partial charge on any atom is 0.142 e. The Morgan fingerprint density at radius 3 is 2.78 bits per heavy atom. The van der Waals surface area contributed by atoms with E-state index in [-0.39, 0.29) is 0 Å². The number of aromatic nitrogens is 1. The van der Waals surface area contributed by atoms with E-state index in [4.69, 9.17) is 5.26 Å². The van der Waals surface area contributed by atoms with E-state index >= 15 is 0 Å². The molecule has 1 aromatic heterocycles. The van der Waals surface area contributed by atoms with Crippen LogP contribution in [0.1, 0.15) is 25.5 Å². The van der Waals surface area contributed by atoms with E-state index in [1.165, 1.54) is 12.8 Å². The van der Waals surface area contributed by atoms with Crippen molar-refractivity contribution in [1.82, 2.24) is 9.88 Å². The van der Waals surface area contributed by atoms with Gasteiger partial charge in [-0.2, -0.15) is 5.26 Å². The maximum absolute atomic E-state index is 8.88. The predicted molar refractivity (Wildman–Crippen MR) is 72.5 cm³/mol. The number of piperidine rings is 1. The smallest absolute Gasteiger partial charge is 0.142 e. The van der Waals surface area contributed by atoms with Gasteiger partial charge in [-0.3, -0.25) is 0 Å². The molecule has 4 nitrogen and oxygen atoms in total. The second-order valence-electron chi connectivity index (χ2n) is 4.77. The van der Waals surface area contributed by atoms with Gasteiger partial charge in [0.05, 0.1) is 0 Å². The molecule has 4 heteroatoms. The van der Waals surface area contributed by atoms with Crippen molar-refractivity contribution in [3.63, 3.8) is 0 Å². The topological polar surface area (TPSA) is 43.2 Å². The summed E-state index contributed by atoms with van der Waals surface area (Å²) in [5.41, 5.74) is 0.491. The minimum Gasteiger partial charge on any atom is -0.357 e. The summed E-state index contributed by atoms with van der Waals surface area (Å²) in [4.78, 5) is 9.05. The molecule has 0 radical (unpaired) electrons. The van der Waals surface area contributed by atoms with Crippen molar-refractivity contribution in [2.24, 2.45) is 0 Å². The van der Waals surface area contributed by atoms with Gasteiger partial charge in [0.25, 0.3) is 0 Å². The number of hydrogen-bond donors (Lipinski definition) is 0. The lowest BCUT2D eigenvalue weighted by atomic mass is 10.0. The molecule has 0 saturated carbocycles. The Balaban J connectivity index is 2.03. The second-order valence-corrected chi connectivity index (χ2v) is 4.77. The molecule has 0 bridgehead atoms. The second kappa shape index (κ2) is 5.83. The van der Waals surface area contributed by atoms with Gasteiger partial charge in [0.2, 0.25) is 0 Å². The van der Waals surface area contributed by atoms with Gasteiger partial charge in [0.15, 0.2) is 0 Å². The number of nitrogens with zero attached hydrogens (tertiary/aromatic N) is 4. The monoisotopic (exact) mass is 244 g/mol. The van der Waals surface area contributed by atoms with Crippen LogP contribution in [0, 0.1) is 11.3 Å². The van der Waals surface area contributed by atoms with Gasteiger partial charge in [0.1, 0.15) is 17.6 Å². The molecule has 1 saturated heterocycles. The van der Waals surface area contributed by atoms with Crippen molar-refractivity contribution < 1.29 is 0 Å². The zero-order chi connectivity index (χ0) is 13.0. The van der Waals surface area contributed by atoms with Crippen LogP contribution in [0.3, 0.4) is 0 Å². The van der Waals surface area contributed by atoms with Gasteiger partial charge < -0.3 is 9.80 Å². The van der Waals surface area contributed by atoms with E-state index < -0.39 is 0 Å². The molecule has 1 aliphatic rings. The molecule has 0 spiro atoms. The zero-order valence-electron chi connectivity index (χ0n) is 11.1. The lowest BCUT2D eigenvalue weighted by molar-refractivity contribution is 0.220. The summed E-state index contributed by atoms with van der Waals surface area (Å²) >= 11 is 0. The molecule has 96 valence electrons. The summed E-state index contributed by atoms with van der Waals surface area (Å²) in [6.45, 7) is 5.66. The van der Waals surface area contributed by atoms with Crippen LogP contribution in [0.15, 0.2) is 18.2 Å². The van der Waals surface area contributed by atoms with Crippen LogP contribution in [0.2, 0.25) is 0 Å². The highest BCUT2D eigenvalue weighted by molar-refractivity contribution is 5.41. The Morgan fingerprint density at radius 2 is 2.17 bits per heavy atom. The fraction of sp³-hybridized carbons (Fsp3) is 0.571. The molecule has 0 atom stereocenters. The number of likely N-dealkylation sites (tertiary alicyclic amines) is 1. The van der Waals surface area contributed by atoms with Crippen LogP contribution in [-0.4, -0.2) is 42.6 Å². The summed E-state index contributed by atoms with van der Waals surface area (Å²) in [5.74, 6) is 0.906. The average molecular weight is 244 g/mol. The van der Waals surface area contributed by atoms with Gasteiger partial charge in [-0.15, -0.1) is 0 Å². The summed E-state index contributed by atoms with van der Waals surface area (Å²) in [5, 5.41) is 8.88. The van der Waals surface area contributed by atoms with Crippen LogP contribution in [0.4, 0.5) is 5.82 Å². The summed E-state index contributed by atoms with van der Waals surface area (Å²) in [6.07, 6.45) is 2.34. The van der Waals surface area contributed by atoms with Gasteiger partial charge in [-0.05, 0) is 31.5 Å². The minimum absolute atomic E-state index is 0.491. The Bertz CT molecular complexity index is 430. The molecular weight excluding hydrogens is 224 g/mol. The Labute approximate surface area is 109 Å². The Morgan fingerprint density at radius 1 is 1.44 bits per heavy atom.